The van der Waals surface area contributed by atoms with Gasteiger partial charge in [-0.05, 0) is 30.7 Å². The van der Waals surface area contributed by atoms with Crippen LogP contribution in [-0.2, 0) is 14.4 Å². The van der Waals surface area contributed by atoms with Crippen LogP contribution in [0.3, 0.4) is 0 Å². The number of thioether (sulfide) groups is 1. The highest BCUT2D eigenvalue weighted by Crippen LogP contribution is 2.45. The smallest absolute Gasteiger partial charge is 0.268 e. The average Bonchev–Trinajstić information content (AvgIpc) is 2.42. The van der Waals surface area contributed by atoms with Crippen LogP contribution in [0.5, 0.6) is 0 Å². The number of hydrogen-bond donors (Lipinski definition) is 0. The van der Waals surface area contributed by atoms with E-state index in [1.807, 2.05) is 24.3 Å². The molecule has 0 saturated carbocycles. The molecule has 4 nitrogen and oxygen atoms in total. The minimum atomic E-state index is -3.61. The van der Waals surface area contributed by atoms with Crippen LogP contribution >= 0.6 is 11.8 Å². The zero-order valence-electron chi connectivity index (χ0n) is 12.7. The SMILES string of the molecule is CC1(C)C/C(=N\OS(C)(=O)=O)c2c(ccc3ccccc23)S1. The quantitative estimate of drug-likeness (QED) is 0.784. The Labute approximate surface area is 134 Å². The van der Waals surface area contributed by atoms with Gasteiger partial charge in [0.2, 0.25) is 0 Å². The molecule has 1 aliphatic heterocycles. The minimum absolute atomic E-state index is 0.0604. The van der Waals surface area contributed by atoms with Crippen LogP contribution in [0.1, 0.15) is 25.8 Å². The molecule has 0 fully saturated rings. The van der Waals surface area contributed by atoms with Gasteiger partial charge in [-0.25, -0.2) is 0 Å². The number of rotatable bonds is 2. The van der Waals surface area contributed by atoms with Crippen LogP contribution in [0, 0.1) is 0 Å². The summed E-state index contributed by atoms with van der Waals surface area (Å²) in [7, 11) is -3.61. The van der Waals surface area contributed by atoms with Crippen molar-refractivity contribution >= 4 is 38.4 Å². The van der Waals surface area contributed by atoms with E-state index in [9.17, 15) is 8.42 Å². The molecule has 2 aromatic rings. The molecule has 0 bridgehead atoms. The van der Waals surface area contributed by atoms with Crippen molar-refractivity contribution in [3.05, 3.63) is 42.0 Å². The van der Waals surface area contributed by atoms with Crippen LogP contribution < -0.4 is 0 Å². The van der Waals surface area contributed by atoms with Gasteiger partial charge in [0.15, 0.2) is 0 Å². The second-order valence-electron chi connectivity index (χ2n) is 6.02. The second-order valence-corrected chi connectivity index (χ2v) is 9.32. The Kier molecular flexibility index (Phi) is 3.69. The highest BCUT2D eigenvalue weighted by atomic mass is 32.2. The number of nitrogens with zero attached hydrogens (tertiary/aromatic N) is 1. The Hall–Kier alpha value is -1.53. The lowest BCUT2D eigenvalue weighted by Gasteiger charge is -2.31. The maximum atomic E-state index is 11.3. The summed E-state index contributed by atoms with van der Waals surface area (Å²) < 4.78 is 27.2. The normalized spacial score (nSPS) is 19.1. The number of fused-ring (bicyclic) bond motifs is 3. The Morgan fingerprint density at radius 2 is 1.91 bits per heavy atom. The van der Waals surface area contributed by atoms with Gasteiger partial charge in [0.25, 0.3) is 0 Å². The summed E-state index contributed by atoms with van der Waals surface area (Å²) in [5, 5.41) is 6.13. The molecule has 1 heterocycles. The summed E-state index contributed by atoms with van der Waals surface area (Å²) in [5.41, 5.74) is 1.66. The molecule has 0 spiro atoms. The third-order valence-electron chi connectivity index (χ3n) is 3.44. The molecular weight excluding hydrogens is 318 g/mol. The molecule has 22 heavy (non-hydrogen) atoms. The molecule has 1 aliphatic rings. The van der Waals surface area contributed by atoms with Gasteiger partial charge in [-0.2, -0.15) is 8.42 Å². The fourth-order valence-corrected chi connectivity index (χ4v) is 4.15. The van der Waals surface area contributed by atoms with Crippen molar-refractivity contribution in [2.75, 3.05) is 6.26 Å². The van der Waals surface area contributed by atoms with Crippen molar-refractivity contribution in [2.24, 2.45) is 5.16 Å². The predicted molar refractivity (Wildman–Crippen MR) is 91.0 cm³/mol. The Morgan fingerprint density at radius 1 is 1.18 bits per heavy atom. The first-order chi connectivity index (χ1) is 10.3. The van der Waals surface area contributed by atoms with E-state index in [1.54, 1.807) is 11.8 Å². The van der Waals surface area contributed by atoms with Crippen molar-refractivity contribution in [1.82, 2.24) is 0 Å². The van der Waals surface area contributed by atoms with Crippen LogP contribution in [0.2, 0.25) is 0 Å². The van der Waals surface area contributed by atoms with E-state index in [2.05, 4.69) is 31.1 Å². The predicted octanol–water partition coefficient (Wildman–Crippen LogP) is 3.79. The monoisotopic (exact) mass is 335 g/mol. The lowest BCUT2D eigenvalue weighted by Crippen LogP contribution is -2.26. The van der Waals surface area contributed by atoms with Crippen LogP contribution in [0.15, 0.2) is 46.4 Å². The lowest BCUT2D eigenvalue weighted by molar-refractivity contribution is 0.341. The van der Waals surface area contributed by atoms with Gasteiger partial charge in [-0.1, -0.05) is 35.5 Å². The molecule has 0 amide bonds. The van der Waals surface area contributed by atoms with Gasteiger partial charge < -0.3 is 0 Å². The number of hydrogen-bond acceptors (Lipinski definition) is 5. The molecule has 116 valence electrons. The summed E-state index contributed by atoms with van der Waals surface area (Å²) in [6, 6.07) is 12.2. The van der Waals surface area contributed by atoms with E-state index < -0.39 is 10.1 Å². The van der Waals surface area contributed by atoms with Crippen molar-refractivity contribution in [2.45, 2.75) is 29.9 Å². The first-order valence-corrected chi connectivity index (χ1v) is 9.55. The zero-order valence-corrected chi connectivity index (χ0v) is 14.3. The third kappa shape index (κ3) is 3.13. The Morgan fingerprint density at radius 3 is 2.64 bits per heavy atom. The Balaban J connectivity index is 2.23. The lowest BCUT2D eigenvalue weighted by atomic mass is 9.94. The highest BCUT2D eigenvalue weighted by Gasteiger charge is 2.32. The molecule has 0 radical (unpaired) electrons. The van der Waals surface area contributed by atoms with Gasteiger partial charge in [-0.3, -0.25) is 4.28 Å². The largest absolute Gasteiger partial charge is 0.325 e. The maximum absolute atomic E-state index is 11.3. The number of oxime groups is 1. The molecule has 3 rings (SSSR count). The zero-order chi connectivity index (χ0) is 16.0. The maximum Gasteiger partial charge on any atom is 0.325 e. The molecule has 0 atom stereocenters. The molecule has 0 aliphatic carbocycles. The van der Waals surface area contributed by atoms with Gasteiger partial charge in [0, 0.05) is 21.6 Å². The summed E-state index contributed by atoms with van der Waals surface area (Å²) in [6.07, 6.45) is 1.65. The van der Waals surface area contributed by atoms with E-state index in [-0.39, 0.29) is 4.75 Å². The first-order valence-electron chi connectivity index (χ1n) is 6.92. The molecule has 6 heteroatoms. The molecule has 0 unspecified atom stereocenters. The van der Waals surface area contributed by atoms with Gasteiger partial charge in [0.05, 0.1) is 12.0 Å². The highest BCUT2D eigenvalue weighted by molar-refractivity contribution is 8.00. The standard InChI is InChI=1S/C16H17NO3S2/c1-16(2)10-13(17-20-22(3,18)19)15-12-7-5-4-6-11(12)8-9-14(15)21-16/h4-9H,10H2,1-3H3/b17-13+. The Bertz CT molecular complexity index is 870. The summed E-state index contributed by atoms with van der Waals surface area (Å²) in [6.45, 7) is 4.23. The van der Waals surface area contributed by atoms with E-state index in [4.69, 9.17) is 4.28 Å². The van der Waals surface area contributed by atoms with Gasteiger partial charge >= 0.3 is 10.1 Å². The van der Waals surface area contributed by atoms with E-state index in [0.717, 1.165) is 27.5 Å². The summed E-state index contributed by atoms with van der Waals surface area (Å²) in [5.74, 6) is 0. The van der Waals surface area contributed by atoms with Crippen LogP contribution in [0.4, 0.5) is 0 Å². The van der Waals surface area contributed by atoms with E-state index in [1.165, 1.54) is 0 Å². The van der Waals surface area contributed by atoms with Crippen molar-refractivity contribution in [3.63, 3.8) is 0 Å². The molecular formula is C16H17NO3S2. The van der Waals surface area contributed by atoms with Crippen LogP contribution in [0.25, 0.3) is 10.8 Å². The van der Waals surface area contributed by atoms with Crippen molar-refractivity contribution < 1.29 is 12.7 Å². The van der Waals surface area contributed by atoms with Crippen molar-refractivity contribution in [3.8, 4) is 0 Å². The molecule has 0 saturated heterocycles. The average molecular weight is 335 g/mol. The topological polar surface area (TPSA) is 55.7 Å². The molecule has 2 aromatic carbocycles. The van der Waals surface area contributed by atoms with Crippen LogP contribution in [-0.4, -0.2) is 25.1 Å². The van der Waals surface area contributed by atoms with E-state index >= 15 is 0 Å². The second kappa shape index (κ2) is 5.28. The summed E-state index contributed by atoms with van der Waals surface area (Å²) >= 11 is 1.78. The van der Waals surface area contributed by atoms with E-state index in [0.29, 0.717) is 12.1 Å². The molecule has 0 aromatic heterocycles. The summed E-state index contributed by atoms with van der Waals surface area (Å²) in [4.78, 5) is 1.10. The first kappa shape index (κ1) is 15.4. The third-order valence-corrected chi connectivity index (χ3v) is 5.04. The fraction of sp³-hybridized carbons (Fsp3) is 0.312. The van der Waals surface area contributed by atoms with Gasteiger partial charge in [0.1, 0.15) is 0 Å². The number of benzene rings is 2. The molecule has 0 N–H and O–H groups in total. The minimum Gasteiger partial charge on any atom is -0.268 e. The fourth-order valence-electron chi connectivity index (χ4n) is 2.65. The van der Waals surface area contributed by atoms with Crippen molar-refractivity contribution in [1.29, 1.82) is 0 Å². The van der Waals surface area contributed by atoms with Gasteiger partial charge in [-0.15, -0.1) is 11.8 Å².